The Labute approximate surface area is 104 Å². The largest absolute Gasteiger partial charge is 0.465 e. The zero-order chi connectivity index (χ0) is 12.8. The highest BCUT2D eigenvalue weighted by Gasteiger charge is 2.13. The number of nitrogens with zero attached hydrogens (tertiary/aromatic N) is 1. The molecule has 1 aromatic heterocycles. The van der Waals surface area contributed by atoms with Crippen LogP contribution < -0.4 is 0 Å². The van der Waals surface area contributed by atoms with Gasteiger partial charge in [-0.1, -0.05) is 18.7 Å². The lowest BCUT2D eigenvalue weighted by Crippen LogP contribution is -2.02. The summed E-state index contributed by atoms with van der Waals surface area (Å²) in [6, 6.07) is 3.61. The van der Waals surface area contributed by atoms with Crippen LogP contribution in [-0.4, -0.2) is 18.8 Å². The number of nitriles is 1. The zero-order valence-electron chi connectivity index (χ0n) is 9.94. The van der Waals surface area contributed by atoms with Crippen molar-refractivity contribution in [2.75, 3.05) is 12.9 Å². The first-order chi connectivity index (χ1) is 8.12. The van der Waals surface area contributed by atoms with Gasteiger partial charge in [-0.2, -0.15) is 5.26 Å². The summed E-state index contributed by atoms with van der Waals surface area (Å²) < 4.78 is 9.99. The lowest BCUT2D eigenvalue weighted by atomic mass is 10.2. The van der Waals surface area contributed by atoms with E-state index in [9.17, 15) is 4.79 Å². The Balaban J connectivity index is 3.11. The number of rotatable bonds is 4. The van der Waals surface area contributed by atoms with E-state index in [4.69, 9.17) is 9.68 Å². The third-order valence-electron chi connectivity index (χ3n) is 1.95. The molecule has 90 valence electrons. The van der Waals surface area contributed by atoms with Gasteiger partial charge in [0.2, 0.25) is 0 Å². The summed E-state index contributed by atoms with van der Waals surface area (Å²) in [7, 11) is 1.25. The molecule has 4 nitrogen and oxygen atoms in total. The summed E-state index contributed by atoms with van der Waals surface area (Å²) in [4.78, 5) is 11.3. The van der Waals surface area contributed by atoms with E-state index >= 15 is 0 Å². The van der Waals surface area contributed by atoms with E-state index in [0.29, 0.717) is 5.09 Å². The van der Waals surface area contributed by atoms with Gasteiger partial charge >= 0.3 is 5.97 Å². The fourth-order valence-corrected chi connectivity index (χ4v) is 2.00. The SMILES string of the molecule is CCSc1oc(C)cc1C=C(C#N)C(=O)OC. The molecule has 0 radical (unpaired) electrons. The third kappa shape index (κ3) is 3.40. The zero-order valence-corrected chi connectivity index (χ0v) is 10.8. The third-order valence-corrected chi connectivity index (χ3v) is 2.82. The standard InChI is InChI=1S/C12H13NO3S/c1-4-17-12-9(5-8(2)16-12)6-10(7-13)11(14)15-3/h5-6H,4H2,1-3H3. The molecule has 0 amide bonds. The second-order valence-corrected chi connectivity index (χ2v) is 4.43. The molecule has 1 rings (SSSR count). The number of ether oxygens (including phenoxy) is 1. The minimum Gasteiger partial charge on any atom is -0.465 e. The van der Waals surface area contributed by atoms with Crippen molar-refractivity contribution in [3.05, 3.63) is 23.0 Å². The number of hydrogen-bond donors (Lipinski definition) is 0. The Morgan fingerprint density at radius 2 is 2.41 bits per heavy atom. The Hall–Kier alpha value is -1.67. The second-order valence-electron chi connectivity index (χ2n) is 3.19. The number of aryl methyl sites for hydroxylation is 1. The van der Waals surface area contributed by atoms with Crippen LogP contribution in [0.4, 0.5) is 0 Å². The Kier molecular flexibility index (Phi) is 4.85. The summed E-state index contributed by atoms with van der Waals surface area (Å²) in [5.74, 6) is 0.960. The van der Waals surface area contributed by atoms with Crippen LogP contribution >= 0.6 is 11.8 Å². The predicted molar refractivity (Wildman–Crippen MR) is 65.4 cm³/mol. The molecule has 0 saturated carbocycles. The van der Waals surface area contributed by atoms with Gasteiger partial charge in [0.1, 0.15) is 17.4 Å². The van der Waals surface area contributed by atoms with Gasteiger partial charge in [-0.05, 0) is 24.8 Å². The second kappa shape index (κ2) is 6.16. The fraction of sp³-hybridized carbons (Fsp3) is 0.333. The maximum atomic E-state index is 11.3. The molecular formula is C12H13NO3S. The maximum absolute atomic E-state index is 11.3. The molecular weight excluding hydrogens is 238 g/mol. The summed E-state index contributed by atoms with van der Waals surface area (Å²) in [5, 5.41) is 9.57. The molecule has 17 heavy (non-hydrogen) atoms. The maximum Gasteiger partial charge on any atom is 0.348 e. The van der Waals surface area contributed by atoms with Crippen molar-refractivity contribution in [1.29, 1.82) is 5.26 Å². The molecule has 1 aromatic rings. The van der Waals surface area contributed by atoms with Crippen LogP contribution in [0.3, 0.4) is 0 Å². The van der Waals surface area contributed by atoms with Crippen molar-refractivity contribution in [2.45, 2.75) is 18.9 Å². The number of esters is 1. The molecule has 0 aliphatic rings. The smallest absolute Gasteiger partial charge is 0.348 e. The minimum atomic E-state index is -0.640. The van der Waals surface area contributed by atoms with E-state index in [2.05, 4.69) is 4.74 Å². The Bertz CT molecular complexity index is 482. The van der Waals surface area contributed by atoms with Gasteiger partial charge in [0, 0.05) is 5.56 Å². The number of hydrogen-bond acceptors (Lipinski definition) is 5. The highest BCUT2D eigenvalue weighted by molar-refractivity contribution is 7.99. The van der Waals surface area contributed by atoms with Crippen LogP contribution in [0, 0.1) is 18.3 Å². The molecule has 0 unspecified atom stereocenters. The summed E-state index contributed by atoms with van der Waals surface area (Å²) in [5.41, 5.74) is 0.697. The summed E-state index contributed by atoms with van der Waals surface area (Å²) in [6.45, 7) is 3.82. The van der Waals surface area contributed by atoms with Gasteiger partial charge in [0.25, 0.3) is 0 Å². The van der Waals surface area contributed by atoms with Gasteiger partial charge < -0.3 is 9.15 Å². The van der Waals surface area contributed by atoms with Crippen molar-refractivity contribution in [2.24, 2.45) is 0 Å². The van der Waals surface area contributed by atoms with Crippen molar-refractivity contribution in [3.63, 3.8) is 0 Å². The predicted octanol–water partition coefficient (Wildman–Crippen LogP) is 2.78. The minimum absolute atomic E-state index is 0.0359. The average molecular weight is 251 g/mol. The van der Waals surface area contributed by atoms with Crippen LogP contribution in [0.1, 0.15) is 18.2 Å². The molecule has 1 heterocycles. The van der Waals surface area contributed by atoms with Crippen molar-refractivity contribution in [1.82, 2.24) is 0 Å². The van der Waals surface area contributed by atoms with Crippen LogP contribution in [0.15, 0.2) is 21.1 Å². The van der Waals surface area contributed by atoms with Gasteiger partial charge in [-0.3, -0.25) is 0 Å². The molecule has 0 saturated heterocycles. The van der Waals surface area contributed by atoms with Gasteiger partial charge in [-0.25, -0.2) is 4.79 Å². The van der Waals surface area contributed by atoms with Crippen molar-refractivity contribution < 1.29 is 13.9 Å². The van der Waals surface area contributed by atoms with Crippen LogP contribution in [0.2, 0.25) is 0 Å². The van der Waals surface area contributed by atoms with Crippen molar-refractivity contribution >= 4 is 23.8 Å². The first-order valence-electron chi connectivity index (χ1n) is 5.05. The average Bonchev–Trinajstić information content (AvgIpc) is 2.66. The van der Waals surface area contributed by atoms with E-state index in [1.54, 1.807) is 6.07 Å². The molecule has 0 fully saturated rings. The van der Waals surface area contributed by atoms with Crippen molar-refractivity contribution in [3.8, 4) is 6.07 Å². The highest BCUT2D eigenvalue weighted by atomic mass is 32.2. The lowest BCUT2D eigenvalue weighted by Gasteiger charge is -1.97. The number of thioether (sulfide) groups is 1. The molecule has 0 aromatic carbocycles. The molecule has 0 aliphatic heterocycles. The van der Waals surface area contributed by atoms with Gasteiger partial charge in [-0.15, -0.1) is 0 Å². The molecule has 0 N–H and O–H groups in total. The van der Waals surface area contributed by atoms with Crippen LogP contribution in [-0.2, 0) is 9.53 Å². The number of carbonyl (C=O) groups excluding carboxylic acids is 1. The molecule has 0 spiro atoms. The molecule has 0 bridgehead atoms. The van der Waals surface area contributed by atoms with E-state index in [0.717, 1.165) is 17.1 Å². The molecule has 0 aliphatic carbocycles. The Morgan fingerprint density at radius 3 is 2.94 bits per heavy atom. The fourth-order valence-electron chi connectivity index (χ4n) is 1.26. The normalized spacial score (nSPS) is 11.1. The monoisotopic (exact) mass is 251 g/mol. The van der Waals surface area contributed by atoms with E-state index < -0.39 is 5.97 Å². The van der Waals surface area contributed by atoms with E-state index in [-0.39, 0.29) is 5.57 Å². The quantitative estimate of drug-likeness (QED) is 0.356. The lowest BCUT2D eigenvalue weighted by molar-refractivity contribution is -0.135. The van der Waals surface area contributed by atoms with Gasteiger partial charge in [0.05, 0.1) is 7.11 Å². The van der Waals surface area contributed by atoms with Crippen LogP contribution in [0.5, 0.6) is 0 Å². The van der Waals surface area contributed by atoms with E-state index in [1.165, 1.54) is 24.9 Å². The highest BCUT2D eigenvalue weighted by Crippen LogP contribution is 2.28. The summed E-state index contributed by atoms with van der Waals surface area (Å²) >= 11 is 1.52. The summed E-state index contributed by atoms with van der Waals surface area (Å²) in [6.07, 6.45) is 1.49. The number of methoxy groups -OCH3 is 1. The number of carbonyl (C=O) groups is 1. The van der Waals surface area contributed by atoms with Crippen LogP contribution in [0.25, 0.3) is 6.08 Å². The molecule has 5 heteroatoms. The molecule has 0 atom stereocenters. The van der Waals surface area contributed by atoms with E-state index in [1.807, 2.05) is 19.9 Å². The Morgan fingerprint density at radius 1 is 1.71 bits per heavy atom. The first-order valence-corrected chi connectivity index (χ1v) is 6.04. The number of furan rings is 1. The first kappa shape index (κ1) is 13.4. The topological polar surface area (TPSA) is 63.2 Å². The van der Waals surface area contributed by atoms with Gasteiger partial charge in [0.15, 0.2) is 5.09 Å².